The minimum atomic E-state index is -1.15. The van der Waals surface area contributed by atoms with E-state index in [1.165, 1.54) is 0 Å². The number of carbonyl (C=O) groups is 1. The van der Waals surface area contributed by atoms with Crippen molar-refractivity contribution in [1.82, 2.24) is 4.98 Å². The fraction of sp³-hybridized carbons (Fsp3) is 0.143. The number of hydrogen-bond donors (Lipinski definition) is 3. The Bertz CT molecular complexity index is 985. The van der Waals surface area contributed by atoms with Crippen LogP contribution in [-0.2, 0) is 16.6 Å². The Morgan fingerprint density at radius 1 is 1.00 bits per heavy atom. The van der Waals surface area contributed by atoms with E-state index in [9.17, 15) is 15.0 Å². The van der Waals surface area contributed by atoms with Gasteiger partial charge in [0.2, 0.25) is 5.91 Å². The van der Waals surface area contributed by atoms with Gasteiger partial charge in [-0.3, -0.25) is 4.79 Å². The second-order valence-corrected chi connectivity index (χ2v) is 6.83. The summed E-state index contributed by atoms with van der Waals surface area (Å²) in [5.41, 5.74) is 2.37. The SMILES string of the molecule is CCc1c(Cl)ncc2c1NC(=O)C2(c1ccc(O)cc1)c1ccc(O)cc1. The van der Waals surface area contributed by atoms with Crippen molar-refractivity contribution in [3.05, 3.63) is 82.1 Å². The number of benzene rings is 2. The van der Waals surface area contributed by atoms with Crippen molar-refractivity contribution in [1.29, 1.82) is 0 Å². The third-order valence-corrected chi connectivity index (χ3v) is 5.39. The number of nitrogens with zero attached hydrogens (tertiary/aromatic N) is 1. The summed E-state index contributed by atoms with van der Waals surface area (Å²) in [5.74, 6) is -0.00364. The predicted octanol–water partition coefficient (Wildman–Crippen LogP) is 4.00. The van der Waals surface area contributed by atoms with E-state index in [1.807, 2.05) is 6.92 Å². The van der Waals surface area contributed by atoms with Crippen LogP contribution >= 0.6 is 11.6 Å². The Hall–Kier alpha value is -3.05. The van der Waals surface area contributed by atoms with Crippen LogP contribution in [-0.4, -0.2) is 21.1 Å². The van der Waals surface area contributed by atoms with Crippen LogP contribution in [0.1, 0.15) is 29.2 Å². The van der Waals surface area contributed by atoms with E-state index in [-0.39, 0.29) is 17.4 Å². The third-order valence-electron chi connectivity index (χ3n) is 5.06. The van der Waals surface area contributed by atoms with Gasteiger partial charge in [0, 0.05) is 17.3 Å². The highest BCUT2D eigenvalue weighted by molar-refractivity contribution is 6.31. The number of halogens is 1. The van der Waals surface area contributed by atoms with Crippen molar-refractivity contribution in [2.75, 3.05) is 5.32 Å². The van der Waals surface area contributed by atoms with Crippen LogP contribution in [0.3, 0.4) is 0 Å². The first-order valence-electron chi connectivity index (χ1n) is 8.56. The van der Waals surface area contributed by atoms with Gasteiger partial charge in [0.05, 0.1) is 5.69 Å². The minimum Gasteiger partial charge on any atom is -0.508 e. The van der Waals surface area contributed by atoms with Crippen LogP contribution in [0.5, 0.6) is 11.5 Å². The predicted molar refractivity (Wildman–Crippen MR) is 103 cm³/mol. The maximum atomic E-state index is 13.4. The number of hydrogen-bond acceptors (Lipinski definition) is 4. The van der Waals surface area contributed by atoms with E-state index in [0.29, 0.717) is 34.0 Å². The molecule has 0 bridgehead atoms. The summed E-state index contributed by atoms with van der Waals surface area (Å²) in [5, 5.41) is 22.8. The lowest BCUT2D eigenvalue weighted by atomic mass is 9.70. The van der Waals surface area contributed by atoms with Gasteiger partial charge in [0.15, 0.2) is 0 Å². The van der Waals surface area contributed by atoms with Gasteiger partial charge in [-0.2, -0.15) is 0 Å². The number of nitrogens with one attached hydrogen (secondary N) is 1. The standard InChI is InChI=1S/C21H17ClN2O3/c1-2-16-18-17(11-23-19(16)22)21(20(27)24-18,12-3-7-14(25)8-4-12)13-5-9-15(26)10-6-13/h3-11,25-26H,2H2,1H3,(H,24,27). The van der Waals surface area contributed by atoms with E-state index in [0.717, 1.165) is 5.56 Å². The molecule has 2 aromatic carbocycles. The normalized spacial score (nSPS) is 14.7. The zero-order valence-corrected chi connectivity index (χ0v) is 15.3. The summed E-state index contributed by atoms with van der Waals surface area (Å²) < 4.78 is 0. The number of pyridine rings is 1. The molecule has 0 radical (unpaired) electrons. The van der Waals surface area contributed by atoms with Gasteiger partial charge in [0.1, 0.15) is 22.1 Å². The average Bonchev–Trinajstić information content (AvgIpc) is 2.96. The van der Waals surface area contributed by atoms with Gasteiger partial charge in [-0.15, -0.1) is 0 Å². The second kappa shape index (κ2) is 6.28. The van der Waals surface area contributed by atoms with Crippen molar-refractivity contribution in [2.24, 2.45) is 0 Å². The van der Waals surface area contributed by atoms with Crippen molar-refractivity contribution in [3.63, 3.8) is 0 Å². The van der Waals surface area contributed by atoms with Crippen LogP contribution in [0.4, 0.5) is 5.69 Å². The molecule has 3 N–H and O–H groups in total. The van der Waals surface area contributed by atoms with E-state index in [2.05, 4.69) is 10.3 Å². The molecule has 136 valence electrons. The number of rotatable bonds is 3. The van der Waals surface area contributed by atoms with Crippen LogP contribution < -0.4 is 5.32 Å². The molecule has 6 heteroatoms. The van der Waals surface area contributed by atoms with Crippen LogP contribution in [0.15, 0.2) is 54.7 Å². The molecule has 0 fully saturated rings. The zero-order valence-electron chi connectivity index (χ0n) is 14.5. The van der Waals surface area contributed by atoms with Gasteiger partial charge >= 0.3 is 0 Å². The summed E-state index contributed by atoms with van der Waals surface area (Å²) in [6.07, 6.45) is 2.24. The van der Waals surface area contributed by atoms with Gasteiger partial charge in [0.25, 0.3) is 0 Å². The molecule has 1 aromatic heterocycles. The molecule has 0 saturated carbocycles. The Kier molecular flexibility index (Phi) is 4.04. The summed E-state index contributed by atoms with van der Waals surface area (Å²) in [6, 6.07) is 13.1. The van der Waals surface area contributed by atoms with Crippen LogP contribution in [0, 0.1) is 0 Å². The second-order valence-electron chi connectivity index (χ2n) is 6.47. The molecule has 0 unspecified atom stereocenters. The first-order chi connectivity index (χ1) is 13.0. The van der Waals surface area contributed by atoms with Crippen molar-refractivity contribution >= 4 is 23.2 Å². The van der Waals surface area contributed by atoms with Crippen molar-refractivity contribution in [2.45, 2.75) is 18.8 Å². The lowest BCUT2D eigenvalue weighted by Crippen LogP contribution is -2.37. The number of phenols is 2. The lowest BCUT2D eigenvalue weighted by Gasteiger charge is -2.29. The van der Waals surface area contributed by atoms with E-state index in [1.54, 1.807) is 54.7 Å². The highest BCUT2D eigenvalue weighted by atomic mass is 35.5. The lowest BCUT2D eigenvalue weighted by molar-refractivity contribution is -0.118. The summed E-state index contributed by atoms with van der Waals surface area (Å²) >= 11 is 6.25. The number of phenolic OH excluding ortho intramolecular Hbond substituents is 2. The van der Waals surface area contributed by atoms with Gasteiger partial charge < -0.3 is 15.5 Å². The molecule has 0 aliphatic carbocycles. The quantitative estimate of drug-likeness (QED) is 0.600. The van der Waals surface area contributed by atoms with Gasteiger partial charge in [-0.05, 0) is 41.8 Å². The molecule has 0 atom stereocenters. The first-order valence-corrected chi connectivity index (χ1v) is 8.94. The molecule has 5 nitrogen and oxygen atoms in total. The van der Waals surface area contributed by atoms with E-state index < -0.39 is 5.41 Å². The number of amides is 1. The number of anilines is 1. The Balaban J connectivity index is 2.08. The third kappa shape index (κ3) is 2.46. The Morgan fingerprint density at radius 3 is 2.00 bits per heavy atom. The largest absolute Gasteiger partial charge is 0.508 e. The maximum absolute atomic E-state index is 13.4. The topological polar surface area (TPSA) is 82.5 Å². The van der Waals surface area contributed by atoms with Gasteiger partial charge in [-0.1, -0.05) is 42.8 Å². The van der Waals surface area contributed by atoms with Crippen LogP contribution in [0.2, 0.25) is 5.15 Å². The van der Waals surface area contributed by atoms with E-state index in [4.69, 9.17) is 11.6 Å². The van der Waals surface area contributed by atoms with Crippen molar-refractivity contribution < 1.29 is 15.0 Å². The Morgan fingerprint density at radius 2 is 1.52 bits per heavy atom. The minimum absolute atomic E-state index is 0.113. The van der Waals surface area contributed by atoms with Crippen LogP contribution in [0.25, 0.3) is 0 Å². The maximum Gasteiger partial charge on any atom is 0.244 e. The molecule has 0 spiro atoms. The molecular formula is C21H17ClN2O3. The first kappa shape index (κ1) is 17.4. The molecule has 1 amide bonds. The number of carbonyl (C=O) groups excluding carboxylic acids is 1. The summed E-state index contributed by atoms with van der Waals surface area (Å²) in [6.45, 7) is 1.95. The van der Waals surface area contributed by atoms with Gasteiger partial charge in [-0.25, -0.2) is 4.98 Å². The van der Waals surface area contributed by atoms with Crippen molar-refractivity contribution in [3.8, 4) is 11.5 Å². The highest BCUT2D eigenvalue weighted by Gasteiger charge is 2.51. The fourth-order valence-electron chi connectivity index (χ4n) is 3.77. The molecule has 1 aliphatic rings. The number of aromatic nitrogens is 1. The molecule has 2 heterocycles. The highest BCUT2D eigenvalue weighted by Crippen LogP contribution is 2.49. The molecule has 4 rings (SSSR count). The monoisotopic (exact) mass is 380 g/mol. The Labute approximate surface area is 161 Å². The molecular weight excluding hydrogens is 364 g/mol. The fourth-order valence-corrected chi connectivity index (χ4v) is 4.05. The van der Waals surface area contributed by atoms with E-state index >= 15 is 0 Å². The number of fused-ring (bicyclic) bond motifs is 1. The molecule has 3 aromatic rings. The summed E-state index contributed by atoms with van der Waals surface area (Å²) in [4.78, 5) is 17.7. The number of aromatic hydroxyl groups is 2. The summed E-state index contributed by atoms with van der Waals surface area (Å²) in [7, 11) is 0. The molecule has 27 heavy (non-hydrogen) atoms. The zero-order chi connectivity index (χ0) is 19.2. The average molecular weight is 381 g/mol. The smallest absolute Gasteiger partial charge is 0.244 e. The molecule has 0 saturated heterocycles. The molecule has 1 aliphatic heterocycles.